The molecular formula is C11H17O2P. The lowest BCUT2D eigenvalue weighted by molar-refractivity contribution is 0.230. The third-order valence-corrected chi connectivity index (χ3v) is 3.38. The normalized spacial score (nSPS) is 11.6. The van der Waals surface area contributed by atoms with Gasteiger partial charge >= 0.3 is 0 Å². The zero-order valence-electron chi connectivity index (χ0n) is 8.19. The Labute approximate surface area is 87.2 Å². The van der Waals surface area contributed by atoms with Gasteiger partial charge in [0.2, 0.25) is 0 Å². The van der Waals surface area contributed by atoms with Crippen LogP contribution in [0.3, 0.4) is 0 Å². The largest absolute Gasteiger partial charge is 0.396 e. The molecule has 0 saturated carbocycles. The minimum Gasteiger partial charge on any atom is -0.396 e. The molecule has 0 aromatic heterocycles. The van der Waals surface area contributed by atoms with Crippen molar-refractivity contribution in [2.45, 2.75) is 18.0 Å². The van der Waals surface area contributed by atoms with E-state index in [-0.39, 0.29) is 18.4 Å². The zero-order chi connectivity index (χ0) is 10.4. The summed E-state index contributed by atoms with van der Waals surface area (Å²) in [5.74, 6) is 0. The Morgan fingerprint density at radius 1 is 1.00 bits per heavy atom. The molecule has 1 unspecified atom stereocenters. The van der Waals surface area contributed by atoms with Gasteiger partial charge in [-0.3, -0.25) is 0 Å². The SMILES string of the molecule is OCCC(P)(CCO)c1ccccc1. The van der Waals surface area contributed by atoms with E-state index in [0.717, 1.165) is 5.56 Å². The standard InChI is InChI=1S/C11H17O2P/c12-8-6-11(14,7-9-13)10-4-2-1-3-5-10/h1-5,12-13H,6-9,14H2. The summed E-state index contributed by atoms with van der Waals surface area (Å²) in [6, 6.07) is 9.97. The molecule has 0 aliphatic carbocycles. The van der Waals surface area contributed by atoms with Crippen molar-refractivity contribution in [3.05, 3.63) is 35.9 Å². The van der Waals surface area contributed by atoms with Crippen LogP contribution in [-0.4, -0.2) is 23.4 Å². The molecule has 0 bridgehead atoms. The molecule has 0 spiro atoms. The van der Waals surface area contributed by atoms with Gasteiger partial charge in [0, 0.05) is 18.4 Å². The summed E-state index contributed by atoms with van der Waals surface area (Å²) in [6.07, 6.45) is 1.31. The third kappa shape index (κ3) is 2.78. The van der Waals surface area contributed by atoms with Crippen LogP contribution in [0.4, 0.5) is 0 Å². The highest BCUT2D eigenvalue weighted by Crippen LogP contribution is 2.37. The lowest BCUT2D eigenvalue weighted by atomic mass is 9.92. The van der Waals surface area contributed by atoms with E-state index < -0.39 is 0 Å². The first kappa shape index (κ1) is 11.6. The maximum absolute atomic E-state index is 8.99. The maximum Gasteiger partial charge on any atom is 0.0442 e. The lowest BCUT2D eigenvalue weighted by Crippen LogP contribution is -2.21. The summed E-state index contributed by atoms with van der Waals surface area (Å²) in [4.78, 5) is 0. The molecule has 1 aromatic carbocycles. The van der Waals surface area contributed by atoms with Gasteiger partial charge in [-0.15, -0.1) is 9.24 Å². The zero-order valence-corrected chi connectivity index (χ0v) is 9.34. The fourth-order valence-corrected chi connectivity index (χ4v) is 2.03. The first-order valence-electron chi connectivity index (χ1n) is 4.79. The Hall–Kier alpha value is -0.430. The molecule has 0 heterocycles. The van der Waals surface area contributed by atoms with Crippen LogP contribution in [0.1, 0.15) is 18.4 Å². The van der Waals surface area contributed by atoms with Crippen LogP contribution < -0.4 is 0 Å². The molecule has 0 saturated heterocycles. The summed E-state index contributed by atoms with van der Waals surface area (Å²) in [5, 5.41) is 17.8. The topological polar surface area (TPSA) is 40.5 Å². The minimum atomic E-state index is -0.190. The van der Waals surface area contributed by atoms with Crippen molar-refractivity contribution < 1.29 is 10.2 Å². The highest BCUT2D eigenvalue weighted by Gasteiger charge is 2.25. The number of benzene rings is 1. The van der Waals surface area contributed by atoms with Gasteiger partial charge in [0.1, 0.15) is 0 Å². The van der Waals surface area contributed by atoms with Crippen LogP contribution in [-0.2, 0) is 5.16 Å². The fraction of sp³-hybridized carbons (Fsp3) is 0.455. The van der Waals surface area contributed by atoms with E-state index in [1.165, 1.54) is 0 Å². The van der Waals surface area contributed by atoms with E-state index in [0.29, 0.717) is 12.8 Å². The van der Waals surface area contributed by atoms with Gasteiger partial charge < -0.3 is 10.2 Å². The number of aliphatic hydroxyl groups excluding tert-OH is 2. The molecule has 0 fully saturated rings. The van der Waals surface area contributed by atoms with E-state index in [1.54, 1.807) is 0 Å². The third-order valence-electron chi connectivity index (χ3n) is 2.46. The van der Waals surface area contributed by atoms with E-state index in [2.05, 4.69) is 9.24 Å². The molecule has 1 rings (SSSR count). The van der Waals surface area contributed by atoms with Gasteiger partial charge in [0.05, 0.1) is 0 Å². The molecule has 2 N–H and O–H groups in total. The average Bonchev–Trinajstić information content (AvgIpc) is 2.20. The van der Waals surface area contributed by atoms with E-state index in [1.807, 2.05) is 30.3 Å². The van der Waals surface area contributed by atoms with Crippen molar-refractivity contribution in [3.8, 4) is 0 Å². The molecule has 0 amide bonds. The first-order chi connectivity index (χ1) is 6.73. The predicted molar refractivity (Wildman–Crippen MR) is 61.2 cm³/mol. The van der Waals surface area contributed by atoms with Crippen molar-refractivity contribution in [1.82, 2.24) is 0 Å². The molecule has 0 aliphatic heterocycles. The Balaban J connectivity index is 2.87. The van der Waals surface area contributed by atoms with Crippen LogP contribution in [0.15, 0.2) is 30.3 Å². The Bertz CT molecular complexity index is 255. The van der Waals surface area contributed by atoms with Gasteiger partial charge in [0.15, 0.2) is 0 Å². The minimum absolute atomic E-state index is 0.137. The quantitative estimate of drug-likeness (QED) is 0.726. The summed E-state index contributed by atoms with van der Waals surface area (Å²) < 4.78 is 0. The number of rotatable bonds is 5. The second-order valence-corrected chi connectivity index (χ2v) is 4.57. The van der Waals surface area contributed by atoms with Crippen LogP contribution >= 0.6 is 9.24 Å². The van der Waals surface area contributed by atoms with Crippen molar-refractivity contribution >= 4 is 9.24 Å². The molecule has 0 aliphatic rings. The van der Waals surface area contributed by atoms with E-state index in [4.69, 9.17) is 10.2 Å². The molecular weight excluding hydrogens is 195 g/mol. The van der Waals surface area contributed by atoms with E-state index >= 15 is 0 Å². The molecule has 2 nitrogen and oxygen atoms in total. The fourth-order valence-electron chi connectivity index (χ4n) is 1.58. The van der Waals surface area contributed by atoms with Crippen LogP contribution in [0, 0.1) is 0 Å². The van der Waals surface area contributed by atoms with Crippen molar-refractivity contribution in [2.24, 2.45) is 0 Å². The van der Waals surface area contributed by atoms with Gasteiger partial charge in [-0.1, -0.05) is 30.3 Å². The average molecular weight is 212 g/mol. The monoisotopic (exact) mass is 212 g/mol. The Morgan fingerprint density at radius 2 is 1.50 bits per heavy atom. The smallest absolute Gasteiger partial charge is 0.0442 e. The highest BCUT2D eigenvalue weighted by atomic mass is 31.0. The number of aliphatic hydroxyl groups is 2. The summed E-state index contributed by atoms with van der Waals surface area (Å²) in [6.45, 7) is 0.275. The van der Waals surface area contributed by atoms with Gasteiger partial charge in [-0.2, -0.15) is 0 Å². The second-order valence-electron chi connectivity index (χ2n) is 3.47. The second kappa shape index (κ2) is 5.45. The number of hydrogen-bond acceptors (Lipinski definition) is 2. The highest BCUT2D eigenvalue weighted by molar-refractivity contribution is 7.18. The number of hydrogen-bond donors (Lipinski definition) is 2. The first-order valence-corrected chi connectivity index (χ1v) is 5.37. The van der Waals surface area contributed by atoms with Crippen LogP contribution in [0.25, 0.3) is 0 Å². The molecule has 3 heteroatoms. The molecule has 1 atom stereocenters. The molecule has 78 valence electrons. The van der Waals surface area contributed by atoms with Crippen LogP contribution in [0.5, 0.6) is 0 Å². The van der Waals surface area contributed by atoms with Gasteiger partial charge in [-0.25, -0.2) is 0 Å². The summed E-state index contributed by atoms with van der Waals surface area (Å²) >= 11 is 0. The van der Waals surface area contributed by atoms with Crippen LogP contribution in [0.2, 0.25) is 0 Å². The van der Waals surface area contributed by atoms with Gasteiger partial charge in [0.25, 0.3) is 0 Å². The maximum atomic E-state index is 8.99. The predicted octanol–water partition coefficient (Wildman–Crippen LogP) is 1.52. The Morgan fingerprint density at radius 3 is 1.93 bits per heavy atom. The summed E-state index contributed by atoms with van der Waals surface area (Å²) in [5.41, 5.74) is 1.15. The Kier molecular flexibility index (Phi) is 4.53. The van der Waals surface area contributed by atoms with Crippen molar-refractivity contribution in [2.75, 3.05) is 13.2 Å². The molecule has 1 aromatic rings. The summed E-state index contributed by atoms with van der Waals surface area (Å²) in [7, 11) is 2.75. The molecule has 0 radical (unpaired) electrons. The lowest BCUT2D eigenvalue weighted by Gasteiger charge is -2.28. The van der Waals surface area contributed by atoms with Crippen molar-refractivity contribution in [3.63, 3.8) is 0 Å². The van der Waals surface area contributed by atoms with Gasteiger partial charge in [-0.05, 0) is 18.4 Å². The molecule has 14 heavy (non-hydrogen) atoms. The van der Waals surface area contributed by atoms with Crippen molar-refractivity contribution in [1.29, 1.82) is 0 Å². The van der Waals surface area contributed by atoms with E-state index in [9.17, 15) is 0 Å².